The van der Waals surface area contributed by atoms with E-state index in [1.807, 2.05) is 6.92 Å². The van der Waals surface area contributed by atoms with E-state index < -0.39 is 0 Å². The van der Waals surface area contributed by atoms with Crippen LogP contribution in [0.1, 0.15) is 18.9 Å². The summed E-state index contributed by atoms with van der Waals surface area (Å²) < 4.78 is 12.8. The minimum atomic E-state index is -0.242. The van der Waals surface area contributed by atoms with Gasteiger partial charge in [0.25, 0.3) is 0 Å². The highest BCUT2D eigenvalue weighted by Gasteiger charge is 1.93. The first kappa shape index (κ1) is 7.81. The third-order valence-electron chi connectivity index (χ3n) is 1.27. The van der Waals surface area contributed by atoms with Gasteiger partial charge in [-0.3, -0.25) is 0 Å². The fourth-order valence-electron chi connectivity index (χ4n) is 0.746. The zero-order valence-corrected chi connectivity index (χ0v) is 6.39. The number of hydrogen-bond donors (Lipinski definition) is 0. The maximum absolute atomic E-state index is 12.8. The van der Waals surface area contributed by atoms with Crippen LogP contribution in [0.15, 0.2) is 24.3 Å². The summed E-state index contributed by atoms with van der Waals surface area (Å²) in [5.74, 6) is 5.31. The number of halogens is 1. The van der Waals surface area contributed by atoms with Gasteiger partial charge in [0.2, 0.25) is 0 Å². The third kappa shape index (κ3) is 2.09. The SMILES string of the molecule is CCC#Cc1ccccc1F. The Morgan fingerprint density at radius 3 is 2.73 bits per heavy atom. The van der Waals surface area contributed by atoms with E-state index in [9.17, 15) is 4.39 Å². The molecule has 1 aromatic rings. The topological polar surface area (TPSA) is 0 Å². The molecule has 1 aromatic carbocycles. The number of benzene rings is 1. The van der Waals surface area contributed by atoms with Crippen LogP contribution in [-0.2, 0) is 0 Å². The molecule has 1 heteroatoms. The Labute approximate surface area is 66.1 Å². The molecule has 1 rings (SSSR count). The van der Waals surface area contributed by atoms with Crippen molar-refractivity contribution in [2.24, 2.45) is 0 Å². The lowest BCUT2D eigenvalue weighted by Crippen LogP contribution is -1.80. The molecule has 0 aliphatic rings. The van der Waals surface area contributed by atoms with Gasteiger partial charge in [-0.05, 0) is 12.1 Å². The summed E-state index contributed by atoms with van der Waals surface area (Å²) in [5.41, 5.74) is 0.481. The van der Waals surface area contributed by atoms with Gasteiger partial charge in [-0.1, -0.05) is 30.9 Å². The summed E-state index contributed by atoms with van der Waals surface area (Å²) in [5, 5.41) is 0. The summed E-state index contributed by atoms with van der Waals surface area (Å²) in [6.45, 7) is 1.94. The molecular formula is C10H9F. The summed E-state index contributed by atoms with van der Waals surface area (Å²) in [6.07, 6.45) is 0.758. The van der Waals surface area contributed by atoms with Gasteiger partial charge in [0, 0.05) is 6.42 Å². The first-order valence-corrected chi connectivity index (χ1v) is 3.58. The smallest absolute Gasteiger partial charge is 0.138 e. The molecule has 0 N–H and O–H groups in total. The molecule has 0 spiro atoms. The first-order valence-electron chi connectivity index (χ1n) is 3.58. The molecule has 0 aromatic heterocycles. The van der Waals surface area contributed by atoms with E-state index in [-0.39, 0.29) is 5.82 Å². The van der Waals surface area contributed by atoms with Crippen molar-refractivity contribution in [3.8, 4) is 11.8 Å². The van der Waals surface area contributed by atoms with Crippen molar-refractivity contribution < 1.29 is 4.39 Å². The van der Waals surface area contributed by atoms with Crippen molar-refractivity contribution in [1.82, 2.24) is 0 Å². The molecule has 0 fully saturated rings. The Kier molecular flexibility index (Phi) is 2.68. The normalized spacial score (nSPS) is 8.55. The van der Waals surface area contributed by atoms with E-state index >= 15 is 0 Å². The lowest BCUT2D eigenvalue weighted by Gasteiger charge is -1.90. The molecular weight excluding hydrogens is 139 g/mol. The summed E-state index contributed by atoms with van der Waals surface area (Å²) in [4.78, 5) is 0. The van der Waals surface area contributed by atoms with Crippen LogP contribution in [0.3, 0.4) is 0 Å². The molecule has 56 valence electrons. The lowest BCUT2D eigenvalue weighted by atomic mass is 10.2. The summed E-state index contributed by atoms with van der Waals surface area (Å²) in [6, 6.07) is 6.53. The summed E-state index contributed by atoms with van der Waals surface area (Å²) in [7, 11) is 0. The molecule has 0 radical (unpaired) electrons. The van der Waals surface area contributed by atoms with Gasteiger partial charge in [-0.15, -0.1) is 0 Å². The molecule has 0 nitrogen and oxygen atoms in total. The Morgan fingerprint density at radius 1 is 1.36 bits per heavy atom. The van der Waals surface area contributed by atoms with Crippen LogP contribution in [0.2, 0.25) is 0 Å². The van der Waals surface area contributed by atoms with Crippen LogP contribution in [0.4, 0.5) is 4.39 Å². The van der Waals surface area contributed by atoms with Crippen molar-refractivity contribution in [1.29, 1.82) is 0 Å². The second-order valence-electron chi connectivity index (χ2n) is 2.14. The van der Waals surface area contributed by atoms with Gasteiger partial charge in [0.05, 0.1) is 5.56 Å². The average Bonchev–Trinajstić information content (AvgIpc) is 2.03. The van der Waals surface area contributed by atoms with E-state index in [2.05, 4.69) is 11.8 Å². The fourth-order valence-corrected chi connectivity index (χ4v) is 0.746. The Bertz CT molecular complexity index is 291. The zero-order chi connectivity index (χ0) is 8.10. The van der Waals surface area contributed by atoms with Crippen molar-refractivity contribution in [3.63, 3.8) is 0 Å². The van der Waals surface area contributed by atoms with Crippen LogP contribution < -0.4 is 0 Å². The van der Waals surface area contributed by atoms with Crippen LogP contribution in [0.5, 0.6) is 0 Å². The van der Waals surface area contributed by atoms with E-state index in [1.165, 1.54) is 6.07 Å². The molecule has 0 aliphatic carbocycles. The Hall–Kier alpha value is -1.29. The monoisotopic (exact) mass is 148 g/mol. The molecule has 0 aliphatic heterocycles. The zero-order valence-electron chi connectivity index (χ0n) is 6.39. The highest BCUT2D eigenvalue weighted by molar-refractivity contribution is 5.34. The lowest BCUT2D eigenvalue weighted by molar-refractivity contribution is 0.624. The standard InChI is InChI=1S/C10H9F/c1-2-3-6-9-7-4-5-8-10(9)11/h4-5,7-8H,2H2,1H3. The van der Waals surface area contributed by atoms with E-state index in [4.69, 9.17) is 0 Å². The van der Waals surface area contributed by atoms with Crippen LogP contribution in [0, 0.1) is 17.7 Å². The number of rotatable bonds is 0. The Morgan fingerprint density at radius 2 is 2.09 bits per heavy atom. The van der Waals surface area contributed by atoms with Crippen molar-refractivity contribution >= 4 is 0 Å². The highest BCUT2D eigenvalue weighted by atomic mass is 19.1. The molecule has 0 unspecified atom stereocenters. The average molecular weight is 148 g/mol. The second kappa shape index (κ2) is 3.78. The van der Waals surface area contributed by atoms with Crippen molar-refractivity contribution in [3.05, 3.63) is 35.6 Å². The third-order valence-corrected chi connectivity index (χ3v) is 1.27. The number of hydrogen-bond acceptors (Lipinski definition) is 0. The quantitative estimate of drug-likeness (QED) is 0.496. The van der Waals surface area contributed by atoms with Crippen LogP contribution >= 0.6 is 0 Å². The second-order valence-corrected chi connectivity index (χ2v) is 2.14. The minimum absolute atomic E-state index is 0.242. The largest absolute Gasteiger partial charge is 0.206 e. The maximum atomic E-state index is 12.8. The van der Waals surface area contributed by atoms with E-state index in [1.54, 1.807) is 18.2 Å². The van der Waals surface area contributed by atoms with Gasteiger partial charge in [0.1, 0.15) is 5.82 Å². The maximum Gasteiger partial charge on any atom is 0.138 e. The predicted molar refractivity (Wildman–Crippen MR) is 43.6 cm³/mol. The van der Waals surface area contributed by atoms with Gasteiger partial charge >= 0.3 is 0 Å². The van der Waals surface area contributed by atoms with E-state index in [0.717, 1.165) is 6.42 Å². The van der Waals surface area contributed by atoms with Gasteiger partial charge in [0.15, 0.2) is 0 Å². The highest BCUT2D eigenvalue weighted by Crippen LogP contribution is 2.03. The molecule has 0 bridgehead atoms. The molecule has 0 saturated heterocycles. The van der Waals surface area contributed by atoms with Crippen molar-refractivity contribution in [2.45, 2.75) is 13.3 Å². The van der Waals surface area contributed by atoms with Gasteiger partial charge < -0.3 is 0 Å². The van der Waals surface area contributed by atoms with Crippen molar-refractivity contribution in [2.75, 3.05) is 0 Å². The molecule has 11 heavy (non-hydrogen) atoms. The predicted octanol–water partition coefficient (Wildman–Crippen LogP) is 2.59. The molecule has 0 atom stereocenters. The van der Waals surface area contributed by atoms with Gasteiger partial charge in [-0.2, -0.15) is 0 Å². The summed E-state index contributed by atoms with van der Waals surface area (Å²) >= 11 is 0. The Balaban J connectivity index is 2.95. The molecule has 0 amide bonds. The van der Waals surface area contributed by atoms with Crippen LogP contribution in [0.25, 0.3) is 0 Å². The fraction of sp³-hybridized carbons (Fsp3) is 0.200. The molecule has 0 saturated carbocycles. The van der Waals surface area contributed by atoms with Gasteiger partial charge in [-0.25, -0.2) is 4.39 Å². The first-order chi connectivity index (χ1) is 5.34. The minimum Gasteiger partial charge on any atom is -0.206 e. The van der Waals surface area contributed by atoms with E-state index in [0.29, 0.717) is 5.56 Å². The molecule has 0 heterocycles. The van der Waals surface area contributed by atoms with Crippen LogP contribution in [-0.4, -0.2) is 0 Å².